The fraction of sp³-hybridized carbons (Fsp3) is 0.125. The molecule has 0 aliphatic rings. The van der Waals surface area contributed by atoms with Crippen molar-refractivity contribution in [2.75, 3.05) is 5.88 Å². The Hall–Kier alpha value is -1.93. The van der Waals surface area contributed by atoms with Crippen LogP contribution in [0.25, 0.3) is 0 Å². The molecule has 0 heterocycles. The van der Waals surface area contributed by atoms with E-state index in [1.165, 1.54) is 0 Å². The van der Waals surface area contributed by atoms with Crippen LogP contribution in [-0.4, -0.2) is 17.4 Å². The molecule has 2 nitrogen and oxygen atoms in total. The highest BCUT2D eigenvalue weighted by Crippen LogP contribution is 2.25. The molecule has 0 spiro atoms. The van der Waals surface area contributed by atoms with E-state index in [4.69, 9.17) is 11.6 Å². The second kappa shape index (κ2) is 6.30. The second-order valence-electron chi connectivity index (χ2n) is 4.18. The topological polar surface area (TPSA) is 34.1 Å². The van der Waals surface area contributed by atoms with Crippen molar-refractivity contribution in [1.82, 2.24) is 0 Å². The van der Waals surface area contributed by atoms with Gasteiger partial charge in [0.05, 0.1) is 11.8 Å². The van der Waals surface area contributed by atoms with E-state index in [9.17, 15) is 9.59 Å². The molecule has 0 saturated heterocycles. The van der Waals surface area contributed by atoms with E-state index in [-0.39, 0.29) is 5.88 Å². The average Bonchev–Trinajstić information content (AvgIpc) is 2.49. The van der Waals surface area contributed by atoms with E-state index in [1.807, 2.05) is 60.7 Å². The molecule has 0 aliphatic carbocycles. The zero-order chi connectivity index (χ0) is 13.7. The van der Waals surface area contributed by atoms with Crippen LogP contribution in [0, 0.1) is 0 Å². The molecule has 0 amide bonds. The molecule has 2 aromatic carbocycles. The Morgan fingerprint density at radius 2 is 1.26 bits per heavy atom. The number of ketones is 2. The summed E-state index contributed by atoms with van der Waals surface area (Å²) in [6.07, 6.45) is 0. The molecule has 0 unspecified atom stereocenters. The van der Waals surface area contributed by atoms with Gasteiger partial charge in [0.2, 0.25) is 11.6 Å². The number of rotatable bonds is 5. The maximum Gasteiger partial charge on any atom is 0.214 e. The van der Waals surface area contributed by atoms with Gasteiger partial charge in [0.15, 0.2) is 0 Å². The van der Waals surface area contributed by atoms with Crippen molar-refractivity contribution >= 4 is 23.2 Å². The van der Waals surface area contributed by atoms with Crippen molar-refractivity contribution in [1.29, 1.82) is 0 Å². The van der Waals surface area contributed by atoms with Gasteiger partial charge >= 0.3 is 0 Å². The maximum atomic E-state index is 12.2. The van der Waals surface area contributed by atoms with Crippen molar-refractivity contribution in [3.63, 3.8) is 0 Å². The summed E-state index contributed by atoms with van der Waals surface area (Å²) in [6.45, 7) is 0. The Balaban J connectivity index is 2.46. The molecule has 2 aromatic rings. The number of carbonyl (C=O) groups excluding carboxylic acids is 2. The summed E-state index contributed by atoms with van der Waals surface area (Å²) in [4.78, 5) is 23.9. The summed E-state index contributed by atoms with van der Waals surface area (Å²) < 4.78 is 0. The highest BCUT2D eigenvalue weighted by molar-refractivity contribution is 6.49. The van der Waals surface area contributed by atoms with Gasteiger partial charge in [-0.1, -0.05) is 60.7 Å². The molecule has 0 aliphatic heterocycles. The molecule has 3 heteroatoms. The van der Waals surface area contributed by atoms with E-state index in [2.05, 4.69) is 0 Å². The number of alkyl halides is 1. The number of hydrogen-bond donors (Lipinski definition) is 0. The Bertz CT molecular complexity index is 524. The van der Waals surface area contributed by atoms with Crippen molar-refractivity contribution in [2.24, 2.45) is 0 Å². The van der Waals surface area contributed by atoms with E-state index >= 15 is 0 Å². The quantitative estimate of drug-likeness (QED) is 0.619. The third-order valence-electron chi connectivity index (χ3n) is 2.92. The lowest BCUT2D eigenvalue weighted by atomic mass is 9.86. The van der Waals surface area contributed by atoms with E-state index in [1.54, 1.807) is 0 Å². The van der Waals surface area contributed by atoms with Gasteiger partial charge in [-0.15, -0.1) is 11.6 Å². The zero-order valence-electron chi connectivity index (χ0n) is 10.3. The smallest absolute Gasteiger partial charge is 0.214 e. The minimum atomic E-state index is -0.575. The van der Waals surface area contributed by atoms with Crippen LogP contribution in [0.4, 0.5) is 0 Å². The largest absolute Gasteiger partial charge is 0.290 e. The van der Waals surface area contributed by atoms with Crippen LogP contribution in [0.15, 0.2) is 60.7 Å². The summed E-state index contributed by atoms with van der Waals surface area (Å²) in [5.74, 6) is -1.88. The molecular weight excluding hydrogens is 260 g/mol. The molecule has 0 N–H and O–H groups in total. The van der Waals surface area contributed by atoms with Crippen LogP contribution >= 0.6 is 11.6 Å². The minimum absolute atomic E-state index is 0.283. The molecule has 0 fully saturated rings. The van der Waals surface area contributed by atoms with Gasteiger partial charge in [0, 0.05) is 0 Å². The van der Waals surface area contributed by atoms with Crippen molar-refractivity contribution in [3.8, 4) is 0 Å². The number of benzene rings is 2. The van der Waals surface area contributed by atoms with E-state index in [0.717, 1.165) is 11.1 Å². The first kappa shape index (κ1) is 13.5. The van der Waals surface area contributed by atoms with Gasteiger partial charge in [-0.3, -0.25) is 9.59 Å². The third-order valence-corrected chi connectivity index (χ3v) is 3.17. The van der Waals surface area contributed by atoms with Crippen LogP contribution in [0.3, 0.4) is 0 Å². The van der Waals surface area contributed by atoms with Crippen molar-refractivity contribution in [3.05, 3.63) is 71.8 Å². The first-order chi connectivity index (χ1) is 9.24. The highest BCUT2D eigenvalue weighted by atomic mass is 35.5. The van der Waals surface area contributed by atoms with Gasteiger partial charge < -0.3 is 0 Å². The lowest BCUT2D eigenvalue weighted by Crippen LogP contribution is -2.24. The van der Waals surface area contributed by atoms with Crippen molar-refractivity contribution < 1.29 is 9.59 Å². The minimum Gasteiger partial charge on any atom is -0.290 e. The van der Waals surface area contributed by atoms with Crippen LogP contribution in [-0.2, 0) is 9.59 Å². The Kier molecular flexibility index (Phi) is 4.48. The monoisotopic (exact) mass is 272 g/mol. The predicted octanol–water partition coefficient (Wildman–Crippen LogP) is 3.20. The molecule has 2 rings (SSSR count). The first-order valence-electron chi connectivity index (χ1n) is 5.97. The molecular formula is C16H13ClO2. The highest BCUT2D eigenvalue weighted by Gasteiger charge is 2.27. The van der Waals surface area contributed by atoms with Crippen LogP contribution in [0.2, 0.25) is 0 Å². The molecule has 0 bridgehead atoms. The summed E-state index contributed by atoms with van der Waals surface area (Å²) >= 11 is 5.50. The van der Waals surface area contributed by atoms with Crippen LogP contribution < -0.4 is 0 Å². The number of halogens is 1. The summed E-state index contributed by atoms with van der Waals surface area (Å²) in [5.41, 5.74) is 1.61. The van der Waals surface area contributed by atoms with Crippen LogP contribution in [0.1, 0.15) is 17.0 Å². The van der Waals surface area contributed by atoms with Gasteiger partial charge in [-0.25, -0.2) is 0 Å². The van der Waals surface area contributed by atoms with Gasteiger partial charge in [0.1, 0.15) is 0 Å². The fourth-order valence-corrected chi connectivity index (χ4v) is 2.14. The molecule has 0 aromatic heterocycles. The second-order valence-corrected chi connectivity index (χ2v) is 4.44. The predicted molar refractivity (Wildman–Crippen MR) is 75.5 cm³/mol. The molecule has 0 saturated carbocycles. The third kappa shape index (κ3) is 3.09. The molecule has 19 heavy (non-hydrogen) atoms. The van der Waals surface area contributed by atoms with Gasteiger partial charge in [-0.2, -0.15) is 0 Å². The van der Waals surface area contributed by atoms with E-state index in [0.29, 0.717) is 0 Å². The zero-order valence-corrected chi connectivity index (χ0v) is 11.0. The number of carbonyl (C=O) groups is 2. The van der Waals surface area contributed by atoms with Gasteiger partial charge in [0.25, 0.3) is 0 Å². The Labute approximate surface area is 117 Å². The molecule has 96 valence electrons. The Morgan fingerprint density at radius 1 is 0.842 bits per heavy atom. The standard InChI is InChI=1S/C16H13ClO2/c17-11-14(18)16(19)15(12-7-3-1-4-8-12)13-9-5-2-6-10-13/h1-10,15H,11H2. The number of hydrogen-bond acceptors (Lipinski definition) is 2. The Morgan fingerprint density at radius 3 is 1.63 bits per heavy atom. The van der Waals surface area contributed by atoms with Crippen LogP contribution in [0.5, 0.6) is 0 Å². The van der Waals surface area contributed by atoms with E-state index < -0.39 is 17.5 Å². The van der Waals surface area contributed by atoms with Crippen molar-refractivity contribution in [2.45, 2.75) is 5.92 Å². The summed E-state index contributed by atoms with van der Waals surface area (Å²) in [6, 6.07) is 18.5. The lowest BCUT2D eigenvalue weighted by Gasteiger charge is -2.15. The average molecular weight is 273 g/mol. The fourth-order valence-electron chi connectivity index (χ4n) is 2.01. The summed E-state index contributed by atoms with van der Waals surface area (Å²) in [7, 11) is 0. The normalized spacial score (nSPS) is 10.4. The number of Topliss-reactive ketones (excluding diaryl/α,β-unsaturated/α-hetero) is 2. The first-order valence-corrected chi connectivity index (χ1v) is 6.50. The molecule has 0 radical (unpaired) electrons. The molecule has 0 atom stereocenters. The summed E-state index contributed by atoms with van der Waals surface area (Å²) in [5, 5.41) is 0. The van der Waals surface area contributed by atoms with Gasteiger partial charge in [-0.05, 0) is 11.1 Å². The SMILES string of the molecule is O=C(CCl)C(=O)C(c1ccccc1)c1ccccc1. The maximum absolute atomic E-state index is 12.2. The lowest BCUT2D eigenvalue weighted by molar-refractivity contribution is -0.135.